The Kier molecular flexibility index (Phi) is 7.43. The summed E-state index contributed by atoms with van der Waals surface area (Å²) in [4.78, 5) is 13.2. The average Bonchev–Trinajstić information content (AvgIpc) is 2.79. The summed E-state index contributed by atoms with van der Waals surface area (Å²) in [7, 11) is -2.40. The summed E-state index contributed by atoms with van der Waals surface area (Å²) in [5.74, 6) is 0.244. The standard InChI is InChI=1S/C26H30N2O4S/c1-18-11-14-22(15-12-18)33(30,31)28(24-16-19(2)10-13-20(24)3)17-26(29)27-21(4)23-8-6-7-9-25(23)32-5/h6-16,21H,17H2,1-5H3,(H,27,29). The zero-order chi connectivity index (χ0) is 24.2. The lowest BCUT2D eigenvalue weighted by molar-refractivity contribution is -0.120. The van der Waals surface area contributed by atoms with Gasteiger partial charge in [-0.05, 0) is 63.1 Å². The highest BCUT2D eigenvalue weighted by molar-refractivity contribution is 7.92. The van der Waals surface area contributed by atoms with Crippen molar-refractivity contribution in [3.63, 3.8) is 0 Å². The Balaban J connectivity index is 1.95. The summed E-state index contributed by atoms with van der Waals surface area (Å²) in [5, 5.41) is 2.91. The van der Waals surface area contributed by atoms with Crippen LogP contribution < -0.4 is 14.4 Å². The van der Waals surface area contributed by atoms with Crippen molar-refractivity contribution in [2.75, 3.05) is 18.0 Å². The van der Waals surface area contributed by atoms with Gasteiger partial charge in [-0.2, -0.15) is 0 Å². The smallest absolute Gasteiger partial charge is 0.264 e. The quantitative estimate of drug-likeness (QED) is 0.522. The van der Waals surface area contributed by atoms with E-state index in [4.69, 9.17) is 4.74 Å². The second-order valence-electron chi connectivity index (χ2n) is 8.15. The Hall–Kier alpha value is -3.32. The Bertz CT molecular complexity index is 1240. The van der Waals surface area contributed by atoms with E-state index >= 15 is 0 Å². The van der Waals surface area contributed by atoms with E-state index in [1.54, 1.807) is 37.4 Å². The zero-order valence-electron chi connectivity index (χ0n) is 19.6. The largest absolute Gasteiger partial charge is 0.496 e. The van der Waals surface area contributed by atoms with Gasteiger partial charge in [-0.1, -0.05) is 48.0 Å². The molecule has 3 aromatic carbocycles. The van der Waals surface area contributed by atoms with E-state index < -0.39 is 15.9 Å². The highest BCUT2D eigenvalue weighted by atomic mass is 32.2. The lowest BCUT2D eigenvalue weighted by Gasteiger charge is -2.27. The predicted octanol–water partition coefficient (Wildman–Crippen LogP) is 4.69. The van der Waals surface area contributed by atoms with Gasteiger partial charge in [0.2, 0.25) is 5.91 Å². The third-order valence-corrected chi connectivity index (χ3v) is 7.29. The molecule has 0 aliphatic carbocycles. The molecule has 0 saturated heterocycles. The van der Waals surface area contributed by atoms with Gasteiger partial charge in [0.05, 0.1) is 23.7 Å². The number of carbonyl (C=O) groups excluding carboxylic acids is 1. The first-order valence-corrected chi connectivity index (χ1v) is 12.2. The zero-order valence-corrected chi connectivity index (χ0v) is 20.4. The summed E-state index contributed by atoms with van der Waals surface area (Å²) in [5.41, 5.74) is 3.92. The van der Waals surface area contributed by atoms with Gasteiger partial charge in [-0.15, -0.1) is 0 Å². The Morgan fingerprint density at radius 1 is 0.970 bits per heavy atom. The molecule has 0 bridgehead atoms. The minimum absolute atomic E-state index is 0.139. The van der Waals surface area contributed by atoms with Crippen LogP contribution in [0.2, 0.25) is 0 Å². The summed E-state index contributed by atoms with van der Waals surface area (Å²) in [6.07, 6.45) is 0. The number of aryl methyl sites for hydroxylation is 3. The van der Waals surface area contributed by atoms with Gasteiger partial charge in [0.1, 0.15) is 12.3 Å². The molecule has 3 aromatic rings. The SMILES string of the molecule is COc1ccccc1C(C)NC(=O)CN(c1cc(C)ccc1C)S(=O)(=O)c1ccc(C)cc1. The fourth-order valence-corrected chi connectivity index (χ4v) is 5.12. The second-order valence-corrected chi connectivity index (χ2v) is 10.0. The van der Waals surface area contributed by atoms with Crippen LogP contribution in [0.3, 0.4) is 0 Å². The number of anilines is 1. The second kappa shape index (κ2) is 10.1. The van der Waals surface area contributed by atoms with Crippen LogP contribution in [0.4, 0.5) is 5.69 Å². The fraction of sp³-hybridized carbons (Fsp3) is 0.269. The summed E-state index contributed by atoms with van der Waals surface area (Å²) < 4.78 is 33.8. The van der Waals surface area contributed by atoms with Crippen molar-refractivity contribution in [1.29, 1.82) is 0 Å². The van der Waals surface area contributed by atoms with Crippen molar-refractivity contribution in [1.82, 2.24) is 5.32 Å². The van der Waals surface area contributed by atoms with Crippen LogP contribution >= 0.6 is 0 Å². The van der Waals surface area contributed by atoms with Crippen LogP contribution in [-0.4, -0.2) is 28.0 Å². The first-order chi connectivity index (χ1) is 15.6. The van der Waals surface area contributed by atoms with Gasteiger partial charge in [0.25, 0.3) is 10.0 Å². The van der Waals surface area contributed by atoms with Crippen molar-refractivity contribution in [2.45, 2.75) is 38.6 Å². The Morgan fingerprint density at radius 3 is 2.27 bits per heavy atom. The number of nitrogens with zero attached hydrogens (tertiary/aromatic N) is 1. The van der Waals surface area contributed by atoms with E-state index in [2.05, 4.69) is 5.32 Å². The molecule has 0 radical (unpaired) electrons. The van der Waals surface area contributed by atoms with Crippen molar-refractivity contribution >= 4 is 21.6 Å². The monoisotopic (exact) mass is 466 g/mol. The number of rotatable bonds is 8. The van der Waals surface area contributed by atoms with Crippen molar-refractivity contribution in [3.8, 4) is 5.75 Å². The van der Waals surface area contributed by atoms with Crippen LogP contribution in [-0.2, 0) is 14.8 Å². The Morgan fingerprint density at radius 2 is 1.61 bits per heavy atom. The molecular weight excluding hydrogens is 436 g/mol. The molecule has 7 heteroatoms. The number of para-hydroxylation sites is 1. The molecule has 0 aliphatic rings. The number of carbonyl (C=O) groups is 1. The topological polar surface area (TPSA) is 75.7 Å². The first-order valence-electron chi connectivity index (χ1n) is 10.7. The van der Waals surface area contributed by atoms with Crippen LogP contribution in [0, 0.1) is 20.8 Å². The molecule has 0 spiro atoms. The van der Waals surface area contributed by atoms with E-state index in [0.717, 1.165) is 22.3 Å². The van der Waals surface area contributed by atoms with Crippen molar-refractivity contribution < 1.29 is 17.9 Å². The number of hydrogen-bond acceptors (Lipinski definition) is 4. The molecular formula is C26H30N2O4S. The van der Waals surface area contributed by atoms with E-state index in [-0.39, 0.29) is 17.5 Å². The van der Waals surface area contributed by atoms with E-state index in [1.807, 2.05) is 64.1 Å². The van der Waals surface area contributed by atoms with Gasteiger partial charge in [-0.25, -0.2) is 8.42 Å². The third kappa shape index (κ3) is 5.54. The molecule has 6 nitrogen and oxygen atoms in total. The molecule has 0 heterocycles. The molecule has 33 heavy (non-hydrogen) atoms. The number of ether oxygens (including phenoxy) is 1. The molecule has 0 fully saturated rings. The van der Waals surface area contributed by atoms with Gasteiger partial charge >= 0.3 is 0 Å². The molecule has 174 valence electrons. The molecule has 3 rings (SSSR count). The molecule has 1 amide bonds. The highest BCUT2D eigenvalue weighted by Gasteiger charge is 2.29. The number of hydrogen-bond donors (Lipinski definition) is 1. The van der Waals surface area contributed by atoms with Gasteiger partial charge in [-0.3, -0.25) is 9.10 Å². The van der Waals surface area contributed by atoms with Crippen LogP contribution in [0.15, 0.2) is 71.6 Å². The van der Waals surface area contributed by atoms with Crippen molar-refractivity contribution in [3.05, 3.63) is 89.0 Å². The minimum atomic E-state index is -3.97. The lowest BCUT2D eigenvalue weighted by atomic mass is 10.1. The van der Waals surface area contributed by atoms with Crippen LogP contribution in [0.5, 0.6) is 5.75 Å². The third-order valence-electron chi connectivity index (χ3n) is 5.51. The van der Waals surface area contributed by atoms with Crippen LogP contribution in [0.1, 0.15) is 35.2 Å². The Labute approximate surface area is 196 Å². The van der Waals surface area contributed by atoms with E-state index in [0.29, 0.717) is 11.4 Å². The summed E-state index contributed by atoms with van der Waals surface area (Å²) in [6.45, 7) is 7.11. The molecule has 1 unspecified atom stereocenters. The number of methoxy groups -OCH3 is 1. The van der Waals surface area contributed by atoms with E-state index in [1.165, 1.54) is 4.31 Å². The maximum atomic E-state index is 13.6. The maximum absolute atomic E-state index is 13.6. The first kappa shape index (κ1) is 24.3. The van der Waals surface area contributed by atoms with E-state index in [9.17, 15) is 13.2 Å². The van der Waals surface area contributed by atoms with Gasteiger partial charge in [0.15, 0.2) is 0 Å². The lowest BCUT2D eigenvalue weighted by Crippen LogP contribution is -2.42. The molecule has 1 atom stereocenters. The highest BCUT2D eigenvalue weighted by Crippen LogP contribution is 2.29. The number of amides is 1. The number of benzene rings is 3. The van der Waals surface area contributed by atoms with Crippen LogP contribution in [0.25, 0.3) is 0 Å². The molecule has 0 aromatic heterocycles. The fourth-order valence-electron chi connectivity index (χ4n) is 3.64. The van der Waals surface area contributed by atoms with Gasteiger partial charge < -0.3 is 10.1 Å². The maximum Gasteiger partial charge on any atom is 0.264 e. The van der Waals surface area contributed by atoms with Gasteiger partial charge in [0, 0.05) is 5.56 Å². The summed E-state index contributed by atoms with van der Waals surface area (Å²) >= 11 is 0. The predicted molar refractivity (Wildman–Crippen MR) is 131 cm³/mol. The molecule has 0 aliphatic heterocycles. The number of sulfonamides is 1. The molecule has 1 N–H and O–H groups in total. The van der Waals surface area contributed by atoms with Crippen molar-refractivity contribution in [2.24, 2.45) is 0 Å². The summed E-state index contributed by atoms with van der Waals surface area (Å²) in [6, 6.07) is 19.2. The number of nitrogens with one attached hydrogen (secondary N) is 1. The normalized spacial score (nSPS) is 12.2. The minimum Gasteiger partial charge on any atom is -0.496 e. The molecule has 0 saturated carbocycles. The average molecular weight is 467 g/mol.